The molecular formula is C33H27Br2N3O5S. The minimum atomic E-state index is -0.740. The topological polar surface area (TPSA) is 103 Å². The van der Waals surface area contributed by atoms with Crippen molar-refractivity contribution >= 4 is 55.2 Å². The molecule has 2 heterocycles. The second-order valence-electron chi connectivity index (χ2n) is 9.67. The third-order valence-electron chi connectivity index (χ3n) is 6.86. The number of rotatable bonds is 9. The summed E-state index contributed by atoms with van der Waals surface area (Å²) in [5.74, 6) is 0.677. The summed E-state index contributed by atoms with van der Waals surface area (Å²) in [6.45, 7) is 6.26. The average molecular weight is 737 g/mol. The van der Waals surface area contributed by atoms with Gasteiger partial charge in [-0.05, 0) is 78.7 Å². The Morgan fingerprint density at radius 1 is 1.09 bits per heavy atom. The van der Waals surface area contributed by atoms with Crippen LogP contribution in [0, 0.1) is 11.3 Å². The van der Waals surface area contributed by atoms with Crippen LogP contribution < -0.4 is 24.4 Å². The van der Waals surface area contributed by atoms with Gasteiger partial charge in [-0.2, -0.15) is 5.26 Å². The van der Waals surface area contributed by atoms with E-state index in [2.05, 4.69) is 42.9 Å². The molecule has 0 fully saturated rings. The van der Waals surface area contributed by atoms with Crippen molar-refractivity contribution < 1.29 is 19.0 Å². The van der Waals surface area contributed by atoms with E-state index in [9.17, 15) is 14.9 Å². The second kappa shape index (κ2) is 13.8. The summed E-state index contributed by atoms with van der Waals surface area (Å²) in [7, 11) is 0. The van der Waals surface area contributed by atoms with E-state index in [1.807, 2.05) is 55.5 Å². The average Bonchev–Trinajstić information content (AvgIpc) is 3.30. The first-order valence-electron chi connectivity index (χ1n) is 13.8. The normalized spacial score (nSPS) is 14.5. The summed E-state index contributed by atoms with van der Waals surface area (Å²) < 4.78 is 20.6. The number of hydrogen-bond acceptors (Lipinski definition) is 8. The maximum atomic E-state index is 14.1. The number of aromatic nitrogens is 1. The predicted molar refractivity (Wildman–Crippen MR) is 175 cm³/mol. The number of nitriles is 1. The van der Waals surface area contributed by atoms with Crippen molar-refractivity contribution in [2.45, 2.75) is 33.4 Å². The number of ether oxygens (including phenoxy) is 3. The fraction of sp³-hybridized carbons (Fsp3) is 0.212. The van der Waals surface area contributed by atoms with Gasteiger partial charge in [0.1, 0.15) is 18.1 Å². The molecule has 8 nitrogen and oxygen atoms in total. The molecule has 1 aliphatic rings. The largest absolute Gasteiger partial charge is 0.494 e. The second-order valence-corrected chi connectivity index (χ2v) is 12.4. The van der Waals surface area contributed by atoms with Gasteiger partial charge in [0, 0.05) is 15.6 Å². The standard InChI is InChI=1S/C33H27Br2N3O5S/c1-4-41-25-12-10-20(11-13-25)29-28(32(40)42-5-2)19(3)37-33-38(29)31(39)27(44-33)15-23-14-24(34)16-26(35)30(23)43-18-22-9-7-6-8-21(22)17-36/h6-16,29H,4-5,18H2,1-3H3/b27-15-/t29-/m1/s1. The first-order chi connectivity index (χ1) is 21.2. The molecule has 0 N–H and O–H groups in total. The van der Waals surface area contributed by atoms with Crippen LogP contribution in [-0.2, 0) is 16.1 Å². The minimum absolute atomic E-state index is 0.159. The lowest BCUT2D eigenvalue weighted by atomic mass is 9.96. The number of carbonyl (C=O) groups excluding carboxylic acids is 1. The van der Waals surface area contributed by atoms with Crippen molar-refractivity contribution in [2.75, 3.05) is 13.2 Å². The number of allylic oxidation sites excluding steroid dienone is 1. The van der Waals surface area contributed by atoms with E-state index in [1.54, 1.807) is 36.6 Å². The van der Waals surface area contributed by atoms with E-state index in [4.69, 9.17) is 14.2 Å². The number of halogens is 2. The molecule has 0 spiro atoms. The maximum Gasteiger partial charge on any atom is 0.338 e. The summed E-state index contributed by atoms with van der Waals surface area (Å²) >= 11 is 8.36. The van der Waals surface area contributed by atoms with E-state index < -0.39 is 12.0 Å². The summed E-state index contributed by atoms with van der Waals surface area (Å²) in [5.41, 5.74) is 3.12. The van der Waals surface area contributed by atoms with E-state index in [0.29, 0.717) is 54.3 Å². The summed E-state index contributed by atoms with van der Waals surface area (Å²) in [4.78, 5) is 32.5. The van der Waals surface area contributed by atoms with Crippen LogP contribution >= 0.6 is 43.2 Å². The third-order valence-corrected chi connectivity index (χ3v) is 8.89. The fourth-order valence-electron chi connectivity index (χ4n) is 4.91. The lowest BCUT2D eigenvalue weighted by Gasteiger charge is -2.24. The first kappa shape index (κ1) is 31.4. The molecule has 11 heteroatoms. The predicted octanol–water partition coefficient (Wildman–Crippen LogP) is 6.17. The quantitative estimate of drug-likeness (QED) is 0.191. The Morgan fingerprint density at radius 2 is 1.84 bits per heavy atom. The molecule has 3 aromatic carbocycles. The molecule has 4 aromatic rings. The Labute approximate surface area is 274 Å². The molecule has 1 aliphatic heterocycles. The molecule has 0 amide bonds. The Morgan fingerprint density at radius 3 is 2.55 bits per heavy atom. The fourth-order valence-corrected chi connectivity index (χ4v) is 7.32. The Hall–Kier alpha value is -3.98. The molecule has 0 saturated heterocycles. The van der Waals surface area contributed by atoms with E-state index in [-0.39, 0.29) is 18.8 Å². The third kappa shape index (κ3) is 6.43. The van der Waals surface area contributed by atoms with Crippen molar-refractivity contribution in [3.63, 3.8) is 0 Å². The summed E-state index contributed by atoms with van der Waals surface area (Å²) in [6.07, 6.45) is 1.75. The number of fused-ring (bicyclic) bond motifs is 1. The van der Waals surface area contributed by atoms with Gasteiger partial charge in [-0.15, -0.1) is 0 Å². The van der Waals surface area contributed by atoms with E-state index >= 15 is 0 Å². The van der Waals surface area contributed by atoms with Crippen LogP contribution in [-0.4, -0.2) is 23.8 Å². The molecule has 224 valence electrons. The Balaban J connectivity index is 1.64. The number of thiazole rings is 1. The highest BCUT2D eigenvalue weighted by molar-refractivity contribution is 9.11. The highest BCUT2D eigenvalue weighted by Crippen LogP contribution is 2.35. The SMILES string of the molecule is CCOC(=O)C1=C(C)N=c2s/c(=C\c3cc(Br)cc(Br)c3OCc3ccccc3C#N)c(=O)n2[C@@H]1c1ccc(OCC)cc1. The zero-order valence-electron chi connectivity index (χ0n) is 24.1. The van der Waals surface area contributed by atoms with E-state index in [1.165, 1.54) is 11.3 Å². The van der Waals surface area contributed by atoms with Crippen LogP contribution in [0.5, 0.6) is 11.5 Å². The van der Waals surface area contributed by atoms with Crippen molar-refractivity contribution in [3.8, 4) is 17.6 Å². The number of esters is 1. The van der Waals surface area contributed by atoms with Crippen molar-refractivity contribution in [1.82, 2.24) is 4.57 Å². The molecule has 0 bridgehead atoms. The Kier molecular flexibility index (Phi) is 9.84. The van der Waals surface area contributed by atoms with Crippen LogP contribution in [0.25, 0.3) is 6.08 Å². The zero-order chi connectivity index (χ0) is 31.4. The van der Waals surface area contributed by atoms with Gasteiger partial charge >= 0.3 is 5.97 Å². The van der Waals surface area contributed by atoms with Crippen LogP contribution in [0.4, 0.5) is 0 Å². The molecule has 5 rings (SSSR count). The van der Waals surface area contributed by atoms with E-state index in [0.717, 1.165) is 15.6 Å². The van der Waals surface area contributed by atoms with Gasteiger partial charge in [-0.1, -0.05) is 57.6 Å². The highest BCUT2D eigenvalue weighted by Gasteiger charge is 2.33. The number of carbonyl (C=O) groups is 1. The molecule has 1 atom stereocenters. The first-order valence-corrected chi connectivity index (χ1v) is 16.2. The summed E-state index contributed by atoms with van der Waals surface area (Å²) in [6, 6.07) is 19.7. The van der Waals surface area contributed by atoms with Crippen LogP contribution in [0.2, 0.25) is 0 Å². The lowest BCUT2D eigenvalue weighted by Crippen LogP contribution is -2.39. The van der Waals surface area contributed by atoms with Crippen LogP contribution in [0.1, 0.15) is 49.1 Å². The van der Waals surface area contributed by atoms with Gasteiger partial charge in [-0.3, -0.25) is 9.36 Å². The van der Waals surface area contributed by atoms with Crippen LogP contribution in [0.15, 0.2) is 90.7 Å². The number of hydrogen-bond donors (Lipinski definition) is 0. The van der Waals surface area contributed by atoms with Gasteiger partial charge in [0.25, 0.3) is 5.56 Å². The molecule has 0 radical (unpaired) electrons. The number of nitrogens with zero attached hydrogens (tertiary/aromatic N) is 3. The van der Waals surface area contributed by atoms with Crippen molar-refractivity contribution in [2.24, 2.45) is 4.99 Å². The maximum absolute atomic E-state index is 14.1. The van der Waals surface area contributed by atoms with Gasteiger partial charge in [0.05, 0.1) is 51.2 Å². The number of benzene rings is 3. The Bertz CT molecular complexity index is 1990. The summed E-state index contributed by atoms with van der Waals surface area (Å²) in [5, 5.41) is 9.50. The molecule has 0 aliphatic carbocycles. The van der Waals surface area contributed by atoms with Gasteiger partial charge in [0.2, 0.25) is 0 Å². The van der Waals surface area contributed by atoms with Crippen molar-refractivity contribution in [1.29, 1.82) is 5.26 Å². The smallest absolute Gasteiger partial charge is 0.338 e. The molecule has 44 heavy (non-hydrogen) atoms. The van der Waals surface area contributed by atoms with Crippen molar-refractivity contribution in [3.05, 3.63) is 123 Å². The molecule has 0 unspecified atom stereocenters. The zero-order valence-corrected chi connectivity index (χ0v) is 28.1. The minimum Gasteiger partial charge on any atom is -0.494 e. The van der Waals surface area contributed by atoms with Crippen LogP contribution in [0.3, 0.4) is 0 Å². The molecule has 1 aromatic heterocycles. The lowest BCUT2D eigenvalue weighted by molar-refractivity contribution is -0.139. The highest BCUT2D eigenvalue weighted by atomic mass is 79.9. The van der Waals surface area contributed by atoms with Gasteiger partial charge < -0.3 is 14.2 Å². The van der Waals surface area contributed by atoms with Gasteiger partial charge in [0.15, 0.2) is 4.80 Å². The molecular weight excluding hydrogens is 710 g/mol. The molecule has 0 saturated carbocycles. The monoisotopic (exact) mass is 735 g/mol. The van der Waals surface area contributed by atoms with Gasteiger partial charge in [-0.25, -0.2) is 9.79 Å².